The van der Waals surface area contributed by atoms with Gasteiger partial charge in [-0.1, -0.05) is 22.0 Å². The van der Waals surface area contributed by atoms with E-state index in [4.69, 9.17) is 0 Å². The largest absolute Gasteiger partial charge is 0.300 e. The van der Waals surface area contributed by atoms with Crippen molar-refractivity contribution in [2.45, 2.75) is 0 Å². The van der Waals surface area contributed by atoms with Crippen LogP contribution in [0.1, 0.15) is 4.88 Å². The van der Waals surface area contributed by atoms with Gasteiger partial charge in [0.1, 0.15) is 0 Å². The zero-order valence-electron chi connectivity index (χ0n) is 10.2. The van der Waals surface area contributed by atoms with Gasteiger partial charge in [-0.15, -0.1) is 11.3 Å². The molecule has 1 aromatic carbocycles. The lowest BCUT2D eigenvalue weighted by atomic mass is 10.3. The molecule has 2 aromatic rings. The van der Waals surface area contributed by atoms with Crippen molar-refractivity contribution in [1.82, 2.24) is 5.32 Å². The Labute approximate surface area is 132 Å². The third kappa shape index (κ3) is 3.20. The average Bonchev–Trinajstić information content (AvgIpc) is 3.04. The van der Waals surface area contributed by atoms with Crippen LogP contribution in [0.4, 0.5) is 5.69 Å². The van der Waals surface area contributed by atoms with Crippen LogP contribution in [-0.4, -0.2) is 11.1 Å². The fraction of sp³-hybridized carbons (Fsp3) is 0. The maximum Gasteiger partial charge on any atom is 0.264 e. The SMILES string of the molecule is O=C1NC(=Nc2ccc(Br)cc2)S/C1=C/c1cccs1. The Kier molecular flexibility index (Phi) is 4.05. The van der Waals surface area contributed by atoms with Crippen molar-refractivity contribution in [2.24, 2.45) is 4.99 Å². The second-order valence-corrected chi connectivity index (χ2v) is 6.90. The second kappa shape index (κ2) is 5.95. The summed E-state index contributed by atoms with van der Waals surface area (Å²) in [7, 11) is 0. The van der Waals surface area contributed by atoms with Crippen LogP contribution in [0.2, 0.25) is 0 Å². The van der Waals surface area contributed by atoms with Gasteiger partial charge >= 0.3 is 0 Å². The Morgan fingerprint density at radius 1 is 1.20 bits per heavy atom. The van der Waals surface area contributed by atoms with Crippen molar-refractivity contribution in [3.63, 3.8) is 0 Å². The minimum absolute atomic E-state index is 0.0979. The van der Waals surface area contributed by atoms with Crippen LogP contribution < -0.4 is 5.32 Å². The second-order valence-electron chi connectivity index (χ2n) is 3.97. The molecule has 6 heteroatoms. The van der Waals surface area contributed by atoms with Gasteiger partial charge in [-0.2, -0.15) is 0 Å². The third-order valence-electron chi connectivity index (χ3n) is 2.52. The summed E-state index contributed by atoms with van der Waals surface area (Å²) in [6.45, 7) is 0. The molecule has 100 valence electrons. The molecule has 0 bridgehead atoms. The third-order valence-corrected chi connectivity index (χ3v) is 4.78. The van der Waals surface area contributed by atoms with Crippen LogP contribution in [0.3, 0.4) is 0 Å². The number of thiophene rings is 1. The number of thioether (sulfide) groups is 1. The number of benzene rings is 1. The molecule has 1 aliphatic heterocycles. The Hall–Kier alpha value is -1.37. The molecule has 1 aromatic heterocycles. The van der Waals surface area contributed by atoms with Crippen LogP contribution in [-0.2, 0) is 4.79 Å². The summed E-state index contributed by atoms with van der Waals surface area (Å²) in [5.74, 6) is -0.0979. The Morgan fingerprint density at radius 2 is 2.00 bits per heavy atom. The monoisotopic (exact) mass is 364 g/mol. The summed E-state index contributed by atoms with van der Waals surface area (Å²) in [6, 6.07) is 11.6. The molecule has 0 aliphatic carbocycles. The molecule has 3 nitrogen and oxygen atoms in total. The van der Waals surface area contributed by atoms with E-state index < -0.39 is 0 Å². The Morgan fingerprint density at radius 3 is 2.70 bits per heavy atom. The maximum atomic E-state index is 11.9. The Balaban J connectivity index is 1.81. The van der Waals surface area contributed by atoms with Crippen molar-refractivity contribution >= 4 is 61.9 Å². The van der Waals surface area contributed by atoms with Crippen molar-refractivity contribution in [1.29, 1.82) is 0 Å². The van der Waals surface area contributed by atoms with E-state index in [2.05, 4.69) is 26.2 Å². The van der Waals surface area contributed by atoms with E-state index in [1.807, 2.05) is 47.9 Å². The highest BCUT2D eigenvalue weighted by Gasteiger charge is 2.23. The summed E-state index contributed by atoms with van der Waals surface area (Å²) in [5, 5.41) is 5.38. The topological polar surface area (TPSA) is 41.5 Å². The van der Waals surface area contributed by atoms with Gasteiger partial charge in [0.05, 0.1) is 10.6 Å². The minimum Gasteiger partial charge on any atom is -0.300 e. The summed E-state index contributed by atoms with van der Waals surface area (Å²) in [6.07, 6.45) is 1.88. The highest BCUT2D eigenvalue weighted by molar-refractivity contribution is 9.10. The van der Waals surface area contributed by atoms with Gasteiger partial charge in [0, 0.05) is 9.35 Å². The Bertz CT molecular complexity index is 690. The summed E-state index contributed by atoms with van der Waals surface area (Å²) in [5.41, 5.74) is 0.813. The number of hydrogen-bond donors (Lipinski definition) is 1. The van der Waals surface area contributed by atoms with Gasteiger partial charge < -0.3 is 5.32 Å². The molecule has 0 atom stereocenters. The molecule has 1 N–H and O–H groups in total. The van der Waals surface area contributed by atoms with Crippen molar-refractivity contribution in [3.8, 4) is 0 Å². The number of amides is 1. The van der Waals surface area contributed by atoms with Gasteiger partial charge in [0.2, 0.25) is 0 Å². The molecule has 1 fully saturated rings. The highest BCUT2D eigenvalue weighted by atomic mass is 79.9. The first kappa shape index (κ1) is 13.6. The number of rotatable bonds is 2. The van der Waals surface area contributed by atoms with E-state index in [9.17, 15) is 4.79 Å². The minimum atomic E-state index is -0.0979. The molecular weight excluding hydrogens is 356 g/mol. The van der Waals surface area contributed by atoms with Gasteiger partial charge in [0.25, 0.3) is 5.91 Å². The number of halogens is 1. The van der Waals surface area contributed by atoms with Crippen LogP contribution in [0, 0.1) is 0 Å². The zero-order chi connectivity index (χ0) is 13.9. The average molecular weight is 365 g/mol. The lowest BCUT2D eigenvalue weighted by Gasteiger charge is -1.96. The molecule has 1 aliphatic rings. The summed E-state index contributed by atoms with van der Waals surface area (Å²) < 4.78 is 1.00. The summed E-state index contributed by atoms with van der Waals surface area (Å²) in [4.78, 5) is 18.0. The molecule has 3 rings (SSSR count). The summed E-state index contributed by atoms with van der Waals surface area (Å²) >= 11 is 6.34. The zero-order valence-corrected chi connectivity index (χ0v) is 13.4. The molecule has 1 amide bonds. The van der Waals surface area contributed by atoms with E-state index in [0.717, 1.165) is 15.0 Å². The number of nitrogens with zero attached hydrogens (tertiary/aromatic N) is 1. The fourth-order valence-electron chi connectivity index (χ4n) is 1.62. The molecule has 2 heterocycles. The van der Waals surface area contributed by atoms with Gasteiger partial charge in [-0.25, -0.2) is 4.99 Å². The number of carbonyl (C=O) groups excluding carboxylic acids is 1. The molecule has 0 unspecified atom stereocenters. The predicted octanol–water partition coefficient (Wildman–Crippen LogP) is 4.40. The van der Waals surface area contributed by atoms with Gasteiger partial charge in [-0.05, 0) is 53.5 Å². The lowest BCUT2D eigenvalue weighted by Crippen LogP contribution is -2.19. The van der Waals surface area contributed by atoms with Gasteiger partial charge in [0.15, 0.2) is 5.17 Å². The number of amidine groups is 1. The molecule has 0 spiro atoms. The first-order valence-corrected chi connectivity index (χ1v) is 8.28. The van der Waals surface area contributed by atoms with Crippen LogP contribution >= 0.6 is 39.0 Å². The van der Waals surface area contributed by atoms with Crippen LogP contribution in [0.25, 0.3) is 6.08 Å². The van der Waals surface area contributed by atoms with Crippen molar-refractivity contribution < 1.29 is 4.79 Å². The molecule has 1 saturated heterocycles. The first-order valence-electron chi connectivity index (χ1n) is 5.79. The standard InChI is InChI=1S/C14H9BrN2OS2/c15-9-3-5-10(6-4-9)16-14-17-13(18)12(20-14)8-11-2-1-7-19-11/h1-8H,(H,16,17,18)/b12-8+. The van der Waals surface area contributed by atoms with Gasteiger partial charge in [-0.3, -0.25) is 4.79 Å². The lowest BCUT2D eigenvalue weighted by molar-refractivity contribution is -0.115. The van der Waals surface area contributed by atoms with E-state index in [0.29, 0.717) is 10.1 Å². The highest BCUT2D eigenvalue weighted by Crippen LogP contribution is 2.29. The van der Waals surface area contributed by atoms with Crippen molar-refractivity contribution in [3.05, 3.63) is 56.0 Å². The molecule has 0 radical (unpaired) electrons. The number of aliphatic imine (C=N–C) groups is 1. The van der Waals surface area contributed by atoms with E-state index in [1.165, 1.54) is 11.8 Å². The molecular formula is C14H9BrN2OS2. The molecule has 0 saturated carbocycles. The fourth-order valence-corrected chi connectivity index (χ4v) is 3.44. The van der Waals surface area contributed by atoms with E-state index >= 15 is 0 Å². The van der Waals surface area contributed by atoms with E-state index in [-0.39, 0.29) is 5.91 Å². The van der Waals surface area contributed by atoms with Crippen LogP contribution in [0.15, 0.2) is 56.1 Å². The number of carbonyl (C=O) groups is 1. The first-order chi connectivity index (χ1) is 9.70. The molecule has 20 heavy (non-hydrogen) atoms. The maximum absolute atomic E-state index is 11.9. The number of hydrogen-bond acceptors (Lipinski definition) is 4. The smallest absolute Gasteiger partial charge is 0.264 e. The quantitative estimate of drug-likeness (QED) is 0.802. The van der Waals surface area contributed by atoms with Crippen molar-refractivity contribution in [2.75, 3.05) is 0 Å². The van der Waals surface area contributed by atoms with Crippen LogP contribution in [0.5, 0.6) is 0 Å². The number of nitrogens with one attached hydrogen (secondary N) is 1. The van der Waals surface area contributed by atoms with E-state index in [1.54, 1.807) is 11.3 Å². The normalized spacial score (nSPS) is 18.8. The predicted molar refractivity (Wildman–Crippen MR) is 89.3 cm³/mol.